The van der Waals surface area contributed by atoms with Gasteiger partial charge in [0, 0.05) is 44.7 Å². The lowest BCUT2D eigenvalue weighted by Gasteiger charge is -2.30. The van der Waals surface area contributed by atoms with Crippen LogP contribution < -0.4 is 10.1 Å². The molecule has 1 aromatic rings. The highest BCUT2D eigenvalue weighted by atomic mass is 16.5. The van der Waals surface area contributed by atoms with Crippen molar-refractivity contribution in [3.63, 3.8) is 0 Å². The van der Waals surface area contributed by atoms with Crippen molar-refractivity contribution in [3.05, 3.63) is 23.9 Å². The number of likely N-dealkylation sites (tertiary alicyclic amines) is 1. The summed E-state index contributed by atoms with van der Waals surface area (Å²) in [5.41, 5.74) is 0.998. The third kappa shape index (κ3) is 4.94. The van der Waals surface area contributed by atoms with Crippen molar-refractivity contribution in [1.82, 2.24) is 15.2 Å². The Kier molecular flexibility index (Phi) is 5.89. The lowest BCUT2D eigenvalue weighted by atomic mass is 9.96. The largest absolute Gasteiger partial charge is 0.474 e. The number of rotatable bonds is 5. The van der Waals surface area contributed by atoms with Gasteiger partial charge in [-0.05, 0) is 50.2 Å². The van der Waals surface area contributed by atoms with Crippen molar-refractivity contribution < 1.29 is 14.3 Å². The minimum Gasteiger partial charge on any atom is -0.474 e. The first-order valence-electron chi connectivity index (χ1n) is 9.26. The summed E-state index contributed by atoms with van der Waals surface area (Å²) in [6, 6.07) is 3.82. The fourth-order valence-electron chi connectivity index (χ4n) is 3.59. The molecule has 1 aliphatic carbocycles. The van der Waals surface area contributed by atoms with Crippen LogP contribution in [0.25, 0.3) is 0 Å². The minimum atomic E-state index is -0.00773. The molecular formula is C19H27N3O3. The van der Waals surface area contributed by atoms with Crippen molar-refractivity contribution >= 4 is 11.8 Å². The van der Waals surface area contributed by atoms with Gasteiger partial charge in [-0.1, -0.05) is 0 Å². The van der Waals surface area contributed by atoms with Gasteiger partial charge in [-0.3, -0.25) is 9.59 Å². The number of aromatic nitrogens is 1. The summed E-state index contributed by atoms with van der Waals surface area (Å²) in [5, 5.41) is 3.01. The number of amides is 2. The molecule has 0 atom stereocenters. The fourth-order valence-corrected chi connectivity index (χ4v) is 3.59. The normalized spacial score (nSPS) is 19.0. The number of hydrogen-bond acceptors (Lipinski definition) is 4. The Morgan fingerprint density at radius 1 is 1.24 bits per heavy atom. The Hall–Kier alpha value is -2.11. The molecule has 25 heavy (non-hydrogen) atoms. The molecule has 6 heteroatoms. The summed E-state index contributed by atoms with van der Waals surface area (Å²) in [4.78, 5) is 29.8. The van der Waals surface area contributed by atoms with Crippen LogP contribution in [0.5, 0.6) is 5.88 Å². The van der Waals surface area contributed by atoms with Gasteiger partial charge < -0.3 is 15.0 Å². The van der Waals surface area contributed by atoms with Crippen LogP contribution in [0.1, 0.15) is 51.0 Å². The molecule has 1 saturated heterocycles. The van der Waals surface area contributed by atoms with Gasteiger partial charge in [0.15, 0.2) is 0 Å². The maximum absolute atomic E-state index is 12.4. The topological polar surface area (TPSA) is 71.5 Å². The Bertz CT molecular complexity index is 606. The summed E-state index contributed by atoms with van der Waals surface area (Å²) >= 11 is 0. The number of nitrogens with one attached hydrogen (secondary N) is 1. The molecule has 2 amide bonds. The molecule has 3 rings (SSSR count). The van der Waals surface area contributed by atoms with Gasteiger partial charge >= 0.3 is 0 Å². The highest BCUT2D eigenvalue weighted by Gasteiger charge is 2.25. The van der Waals surface area contributed by atoms with E-state index in [2.05, 4.69) is 10.3 Å². The smallest absolute Gasteiger partial charge is 0.223 e. The second-order valence-electron chi connectivity index (χ2n) is 7.02. The molecule has 0 bridgehead atoms. The van der Waals surface area contributed by atoms with Crippen LogP contribution in [0.15, 0.2) is 18.3 Å². The summed E-state index contributed by atoms with van der Waals surface area (Å²) in [5.74, 6) is 0.795. The molecular weight excluding hydrogens is 318 g/mol. The fraction of sp³-hybridized carbons (Fsp3) is 0.632. The van der Waals surface area contributed by atoms with Gasteiger partial charge in [-0.15, -0.1) is 0 Å². The zero-order chi connectivity index (χ0) is 17.6. The van der Waals surface area contributed by atoms with E-state index >= 15 is 0 Å². The molecule has 6 nitrogen and oxygen atoms in total. The van der Waals surface area contributed by atoms with Gasteiger partial charge in [-0.25, -0.2) is 4.98 Å². The van der Waals surface area contributed by atoms with Crippen LogP contribution in [-0.2, 0) is 16.1 Å². The second kappa shape index (κ2) is 8.32. The molecule has 1 N–H and O–H groups in total. The van der Waals surface area contributed by atoms with E-state index < -0.39 is 0 Å². The first-order valence-corrected chi connectivity index (χ1v) is 9.26. The van der Waals surface area contributed by atoms with E-state index in [9.17, 15) is 9.59 Å². The Labute approximate surface area is 148 Å². The number of ether oxygens (including phenoxy) is 1. The molecule has 136 valence electrons. The number of hydrogen-bond donors (Lipinski definition) is 1. The molecule has 1 saturated carbocycles. The lowest BCUT2D eigenvalue weighted by molar-refractivity contribution is -0.134. The van der Waals surface area contributed by atoms with Crippen molar-refractivity contribution in [3.8, 4) is 5.88 Å². The van der Waals surface area contributed by atoms with Crippen LogP contribution in [0.3, 0.4) is 0 Å². The van der Waals surface area contributed by atoms with Crippen LogP contribution in [-0.4, -0.2) is 40.9 Å². The molecule has 2 heterocycles. The lowest BCUT2D eigenvalue weighted by Crippen LogP contribution is -2.42. The molecule has 1 aromatic heterocycles. The maximum Gasteiger partial charge on any atom is 0.223 e. The number of nitrogens with zero attached hydrogens (tertiary/aromatic N) is 2. The van der Waals surface area contributed by atoms with Crippen LogP contribution in [0.4, 0.5) is 0 Å². The number of pyridine rings is 1. The van der Waals surface area contributed by atoms with E-state index in [0.29, 0.717) is 25.5 Å². The Balaban J connectivity index is 1.46. The van der Waals surface area contributed by atoms with Gasteiger partial charge in [0.1, 0.15) is 6.10 Å². The monoisotopic (exact) mass is 345 g/mol. The molecule has 2 fully saturated rings. The zero-order valence-electron chi connectivity index (χ0n) is 14.9. The highest BCUT2D eigenvalue weighted by Crippen LogP contribution is 2.23. The van der Waals surface area contributed by atoms with Crippen molar-refractivity contribution in [1.29, 1.82) is 0 Å². The van der Waals surface area contributed by atoms with E-state index in [-0.39, 0.29) is 23.8 Å². The third-order valence-corrected chi connectivity index (χ3v) is 5.17. The maximum atomic E-state index is 12.4. The summed E-state index contributed by atoms with van der Waals surface area (Å²) in [7, 11) is 0. The van der Waals surface area contributed by atoms with Gasteiger partial charge in [-0.2, -0.15) is 0 Å². The molecule has 0 radical (unpaired) electrons. The van der Waals surface area contributed by atoms with E-state index in [1.165, 1.54) is 12.8 Å². The summed E-state index contributed by atoms with van der Waals surface area (Å²) in [6.45, 7) is 3.40. The first-order chi connectivity index (χ1) is 12.1. The number of piperidine rings is 1. The zero-order valence-corrected chi connectivity index (χ0v) is 14.9. The summed E-state index contributed by atoms with van der Waals surface area (Å²) < 4.78 is 5.91. The standard InChI is InChI=1S/C19H27N3O3/c1-14(23)22-10-7-16(8-11-22)19(24)21-13-15-6-9-20-18(12-15)25-17-4-2-3-5-17/h6,9,12,16-17H,2-5,7-8,10-11,13H2,1H3,(H,21,24). The van der Waals surface area contributed by atoms with E-state index in [0.717, 1.165) is 31.2 Å². The average Bonchev–Trinajstić information content (AvgIpc) is 3.13. The quantitative estimate of drug-likeness (QED) is 0.889. The van der Waals surface area contributed by atoms with E-state index in [1.807, 2.05) is 12.1 Å². The molecule has 1 aliphatic heterocycles. The van der Waals surface area contributed by atoms with Crippen LogP contribution in [0, 0.1) is 5.92 Å². The third-order valence-electron chi connectivity index (χ3n) is 5.17. The number of carbonyl (C=O) groups is 2. The second-order valence-corrected chi connectivity index (χ2v) is 7.02. The average molecular weight is 345 g/mol. The van der Waals surface area contributed by atoms with E-state index in [4.69, 9.17) is 4.74 Å². The Morgan fingerprint density at radius 3 is 2.64 bits per heavy atom. The Morgan fingerprint density at radius 2 is 1.96 bits per heavy atom. The number of carbonyl (C=O) groups excluding carboxylic acids is 2. The highest BCUT2D eigenvalue weighted by molar-refractivity contribution is 5.79. The molecule has 2 aliphatic rings. The predicted molar refractivity (Wildman–Crippen MR) is 93.9 cm³/mol. The first kappa shape index (κ1) is 17.7. The SMILES string of the molecule is CC(=O)N1CCC(C(=O)NCc2ccnc(OC3CCCC3)c2)CC1. The molecule has 0 aromatic carbocycles. The van der Waals surface area contributed by atoms with Crippen molar-refractivity contribution in [2.24, 2.45) is 5.92 Å². The van der Waals surface area contributed by atoms with Gasteiger partial charge in [0.25, 0.3) is 0 Å². The van der Waals surface area contributed by atoms with Crippen LogP contribution in [0.2, 0.25) is 0 Å². The van der Waals surface area contributed by atoms with E-state index in [1.54, 1.807) is 18.0 Å². The minimum absolute atomic E-state index is 0.00773. The molecule has 0 unspecified atom stereocenters. The summed E-state index contributed by atoms with van der Waals surface area (Å²) in [6.07, 6.45) is 8.13. The van der Waals surface area contributed by atoms with Crippen LogP contribution >= 0.6 is 0 Å². The predicted octanol–water partition coefficient (Wildman–Crippen LogP) is 2.28. The van der Waals surface area contributed by atoms with Gasteiger partial charge in [0.2, 0.25) is 17.7 Å². The van der Waals surface area contributed by atoms with Crippen molar-refractivity contribution in [2.75, 3.05) is 13.1 Å². The van der Waals surface area contributed by atoms with Crippen molar-refractivity contribution in [2.45, 2.75) is 58.1 Å². The molecule has 0 spiro atoms. The van der Waals surface area contributed by atoms with Gasteiger partial charge in [0.05, 0.1) is 0 Å².